The minimum absolute atomic E-state index is 0.0329. The molecule has 22 heavy (non-hydrogen) atoms. The van der Waals surface area contributed by atoms with Crippen molar-refractivity contribution in [2.75, 3.05) is 26.7 Å². The summed E-state index contributed by atoms with van der Waals surface area (Å²) in [5.41, 5.74) is 1.17. The summed E-state index contributed by atoms with van der Waals surface area (Å²) >= 11 is 0. The summed E-state index contributed by atoms with van der Waals surface area (Å²) in [6.45, 7) is 4.01. The number of ether oxygens (including phenoxy) is 1. The number of likely N-dealkylation sites (N-methyl/N-ethyl adjacent to an activating group) is 1. The summed E-state index contributed by atoms with van der Waals surface area (Å²) in [4.78, 5) is 13.7. The zero-order valence-corrected chi connectivity index (χ0v) is 13.0. The van der Waals surface area contributed by atoms with E-state index in [1.165, 1.54) is 5.56 Å². The molecule has 1 N–H and O–H groups in total. The number of rotatable bonds is 8. The highest BCUT2D eigenvalue weighted by Crippen LogP contribution is 2.11. The molecule has 2 rings (SSSR count). The zero-order valence-electron chi connectivity index (χ0n) is 13.0. The average molecular weight is 302 g/mol. The Hall–Kier alpha value is -2.27. The molecule has 0 saturated heterocycles. The standard InChI is InChI=1S/C17H22N2O3/c1-14-5-3-6-15(11-14)22-10-8-19(2)13-17(20)18-12-16-7-4-9-21-16/h3-7,9,11H,8,10,12-13H2,1-2H3,(H,18,20). The van der Waals surface area contributed by atoms with Crippen LogP contribution in [0.15, 0.2) is 47.1 Å². The molecule has 1 amide bonds. The van der Waals surface area contributed by atoms with Gasteiger partial charge < -0.3 is 14.5 Å². The lowest BCUT2D eigenvalue weighted by Gasteiger charge is -2.16. The number of aryl methyl sites for hydroxylation is 1. The van der Waals surface area contributed by atoms with Gasteiger partial charge in [0.2, 0.25) is 5.91 Å². The highest BCUT2D eigenvalue weighted by molar-refractivity contribution is 5.77. The summed E-state index contributed by atoms with van der Waals surface area (Å²) in [6.07, 6.45) is 1.59. The Balaban J connectivity index is 1.62. The maximum Gasteiger partial charge on any atom is 0.234 e. The summed E-state index contributed by atoms with van der Waals surface area (Å²) in [7, 11) is 1.89. The van der Waals surface area contributed by atoms with Crippen LogP contribution in [0.5, 0.6) is 5.75 Å². The molecule has 1 heterocycles. The van der Waals surface area contributed by atoms with Crippen molar-refractivity contribution >= 4 is 5.91 Å². The lowest BCUT2D eigenvalue weighted by molar-refractivity contribution is -0.122. The monoisotopic (exact) mass is 302 g/mol. The molecular formula is C17H22N2O3. The van der Waals surface area contributed by atoms with Crippen LogP contribution >= 0.6 is 0 Å². The number of hydrogen-bond acceptors (Lipinski definition) is 4. The van der Waals surface area contributed by atoms with Crippen LogP contribution in [0.4, 0.5) is 0 Å². The molecule has 118 valence electrons. The van der Waals surface area contributed by atoms with E-state index >= 15 is 0 Å². The Morgan fingerprint density at radius 1 is 1.32 bits per heavy atom. The summed E-state index contributed by atoms with van der Waals surface area (Å²) in [5, 5.41) is 2.82. The second-order valence-electron chi connectivity index (χ2n) is 5.26. The van der Waals surface area contributed by atoms with Crippen LogP contribution in [0.2, 0.25) is 0 Å². The normalized spacial score (nSPS) is 10.7. The lowest BCUT2D eigenvalue weighted by Crippen LogP contribution is -2.36. The molecule has 0 fully saturated rings. The number of carbonyl (C=O) groups excluding carboxylic acids is 1. The number of benzene rings is 1. The number of amides is 1. The van der Waals surface area contributed by atoms with E-state index in [0.717, 1.165) is 11.5 Å². The first kappa shape index (κ1) is 16.1. The molecule has 0 aliphatic rings. The Labute approximate surface area is 130 Å². The second-order valence-corrected chi connectivity index (χ2v) is 5.26. The van der Waals surface area contributed by atoms with E-state index in [4.69, 9.17) is 9.15 Å². The predicted molar refractivity (Wildman–Crippen MR) is 84.7 cm³/mol. The first-order chi connectivity index (χ1) is 10.6. The Bertz CT molecular complexity index is 581. The Morgan fingerprint density at radius 2 is 2.18 bits per heavy atom. The van der Waals surface area contributed by atoms with E-state index in [1.54, 1.807) is 12.3 Å². The van der Waals surface area contributed by atoms with Crippen LogP contribution in [-0.4, -0.2) is 37.6 Å². The molecule has 0 radical (unpaired) electrons. The maximum atomic E-state index is 11.8. The van der Waals surface area contributed by atoms with Gasteiger partial charge in [-0.1, -0.05) is 12.1 Å². The van der Waals surface area contributed by atoms with Crippen molar-refractivity contribution in [1.82, 2.24) is 10.2 Å². The van der Waals surface area contributed by atoms with Crippen molar-refractivity contribution in [3.05, 3.63) is 54.0 Å². The van der Waals surface area contributed by atoms with Gasteiger partial charge in [0.25, 0.3) is 0 Å². The molecule has 0 unspecified atom stereocenters. The first-order valence-electron chi connectivity index (χ1n) is 7.30. The summed E-state index contributed by atoms with van der Waals surface area (Å²) in [6, 6.07) is 11.6. The third kappa shape index (κ3) is 5.61. The van der Waals surface area contributed by atoms with Gasteiger partial charge in [-0.25, -0.2) is 0 Å². The van der Waals surface area contributed by atoms with E-state index in [-0.39, 0.29) is 5.91 Å². The van der Waals surface area contributed by atoms with Crippen molar-refractivity contribution in [2.24, 2.45) is 0 Å². The minimum atomic E-state index is -0.0329. The number of carbonyl (C=O) groups is 1. The molecule has 0 saturated carbocycles. The van der Waals surface area contributed by atoms with Crippen LogP contribution in [0.3, 0.4) is 0 Å². The fourth-order valence-electron chi connectivity index (χ4n) is 2.00. The van der Waals surface area contributed by atoms with Crippen molar-refractivity contribution < 1.29 is 13.9 Å². The van der Waals surface area contributed by atoms with Gasteiger partial charge in [-0.15, -0.1) is 0 Å². The largest absolute Gasteiger partial charge is 0.492 e. The summed E-state index contributed by atoms with van der Waals surface area (Å²) in [5.74, 6) is 1.57. The molecule has 1 aromatic heterocycles. The van der Waals surface area contributed by atoms with Crippen LogP contribution in [0, 0.1) is 6.92 Å². The van der Waals surface area contributed by atoms with Gasteiger partial charge in [-0.05, 0) is 43.8 Å². The second kappa shape index (κ2) is 8.24. The fourth-order valence-corrected chi connectivity index (χ4v) is 2.00. The van der Waals surface area contributed by atoms with E-state index in [9.17, 15) is 4.79 Å². The van der Waals surface area contributed by atoms with Gasteiger partial charge in [-0.3, -0.25) is 9.69 Å². The van der Waals surface area contributed by atoms with Gasteiger partial charge in [0.1, 0.15) is 18.1 Å². The number of furan rings is 1. The van der Waals surface area contributed by atoms with E-state index in [2.05, 4.69) is 5.32 Å². The smallest absolute Gasteiger partial charge is 0.234 e. The average Bonchev–Trinajstić information content (AvgIpc) is 2.98. The van der Waals surface area contributed by atoms with Crippen LogP contribution in [0.25, 0.3) is 0 Å². The van der Waals surface area contributed by atoms with E-state index in [0.29, 0.717) is 26.2 Å². The summed E-state index contributed by atoms with van der Waals surface area (Å²) < 4.78 is 10.8. The fraction of sp³-hybridized carbons (Fsp3) is 0.353. The Kier molecular flexibility index (Phi) is 6.03. The van der Waals surface area contributed by atoms with Crippen molar-refractivity contribution in [1.29, 1.82) is 0 Å². The maximum absolute atomic E-state index is 11.8. The van der Waals surface area contributed by atoms with Crippen LogP contribution in [0.1, 0.15) is 11.3 Å². The van der Waals surface area contributed by atoms with Crippen LogP contribution in [-0.2, 0) is 11.3 Å². The molecule has 2 aromatic rings. The lowest BCUT2D eigenvalue weighted by atomic mass is 10.2. The molecule has 0 atom stereocenters. The quantitative estimate of drug-likeness (QED) is 0.812. The van der Waals surface area contributed by atoms with E-state index in [1.807, 2.05) is 49.2 Å². The molecule has 0 aliphatic heterocycles. The number of nitrogens with zero attached hydrogens (tertiary/aromatic N) is 1. The first-order valence-corrected chi connectivity index (χ1v) is 7.30. The molecule has 5 nitrogen and oxygen atoms in total. The SMILES string of the molecule is Cc1cccc(OCCN(C)CC(=O)NCc2ccco2)c1. The predicted octanol–water partition coefficient (Wildman–Crippen LogP) is 2.22. The molecule has 0 spiro atoms. The van der Waals surface area contributed by atoms with Gasteiger partial charge in [0, 0.05) is 6.54 Å². The van der Waals surface area contributed by atoms with E-state index < -0.39 is 0 Å². The molecular weight excluding hydrogens is 280 g/mol. The van der Waals surface area contributed by atoms with Crippen LogP contribution < -0.4 is 10.1 Å². The van der Waals surface area contributed by atoms with Gasteiger partial charge >= 0.3 is 0 Å². The van der Waals surface area contributed by atoms with Gasteiger partial charge in [0.15, 0.2) is 0 Å². The highest BCUT2D eigenvalue weighted by Gasteiger charge is 2.07. The molecule has 5 heteroatoms. The number of nitrogens with one attached hydrogen (secondary N) is 1. The van der Waals surface area contributed by atoms with Crippen molar-refractivity contribution in [3.8, 4) is 5.75 Å². The topological polar surface area (TPSA) is 54.7 Å². The third-order valence-corrected chi connectivity index (χ3v) is 3.18. The Morgan fingerprint density at radius 3 is 2.91 bits per heavy atom. The number of hydrogen-bond donors (Lipinski definition) is 1. The van der Waals surface area contributed by atoms with Gasteiger partial charge in [-0.2, -0.15) is 0 Å². The zero-order chi connectivity index (χ0) is 15.8. The van der Waals surface area contributed by atoms with Crippen molar-refractivity contribution in [2.45, 2.75) is 13.5 Å². The van der Waals surface area contributed by atoms with Gasteiger partial charge in [0.05, 0.1) is 19.4 Å². The molecule has 0 bridgehead atoms. The van der Waals surface area contributed by atoms with Crippen molar-refractivity contribution in [3.63, 3.8) is 0 Å². The highest BCUT2D eigenvalue weighted by atomic mass is 16.5. The molecule has 1 aromatic carbocycles. The molecule has 0 aliphatic carbocycles. The minimum Gasteiger partial charge on any atom is -0.492 e. The third-order valence-electron chi connectivity index (χ3n) is 3.18.